The monoisotopic (exact) mass is 469 g/mol. The quantitative estimate of drug-likeness (QED) is 0.400. The first-order valence-corrected chi connectivity index (χ1v) is 11.1. The first-order valence-electron chi connectivity index (χ1n) is 9.62. The van der Waals surface area contributed by atoms with E-state index in [1.165, 1.54) is 37.4 Å². The Morgan fingerprint density at radius 1 is 0.939 bits per heavy atom. The molecule has 0 spiro atoms. The zero-order valence-electron chi connectivity index (χ0n) is 17.2. The number of fused-ring (bicyclic) bond motifs is 1. The highest BCUT2D eigenvalue weighted by atomic mass is 32.2. The molecule has 4 rings (SSSR count). The predicted molar refractivity (Wildman–Crippen MR) is 120 cm³/mol. The Kier molecular flexibility index (Phi) is 5.73. The van der Waals surface area contributed by atoms with Crippen LogP contribution in [0.5, 0.6) is 5.75 Å². The number of hydrogen-bond acceptors (Lipinski definition) is 4. The highest BCUT2D eigenvalue weighted by Gasteiger charge is 2.23. The van der Waals surface area contributed by atoms with E-state index in [2.05, 4.69) is 4.72 Å². The van der Waals surface area contributed by atoms with Gasteiger partial charge in [0, 0.05) is 22.0 Å². The van der Waals surface area contributed by atoms with E-state index in [9.17, 15) is 22.0 Å². The molecule has 0 amide bonds. The van der Waals surface area contributed by atoms with Crippen molar-refractivity contribution in [2.45, 2.75) is 4.90 Å². The lowest BCUT2D eigenvalue weighted by atomic mass is 9.99. The molecule has 33 heavy (non-hydrogen) atoms. The fourth-order valence-electron chi connectivity index (χ4n) is 3.56. The SMILES string of the molecule is COc1c(-c2ccc(F)cc2)cc(S(=O)(=O)Nc2ccc(F)c(C(=O)O)c2)c2ccccc12. The van der Waals surface area contributed by atoms with Crippen molar-refractivity contribution < 1.29 is 31.8 Å². The Morgan fingerprint density at radius 3 is 2.24 bits per heavy atom. The highest BCUT2D eigenvalue weighted by Crippen LogP contribution is 2.40. The molecule has 0 heterocycles. The van der Waals surface area contributed by atoms with Gasteiger partial charge in [-0.15, -0.1) is 0 Å². The number of rotatable bonds is 6. The molecule has 0 bridgehead atoms. The maximum atomic E-state index is 13.7. The molecule has 0 atom stereocenters. The van der Waals surface area contributed by atoms with Crippen LogP contribution in [0.3, 0.4) is 0 Å². The second-order valence-corrected chi connectivity index (χ2v) is 8.76. The first-order chi connectivity index (χ1) is 15.7. The second kappa shape index (κ2) is 8.51. The molecule has 0 aliphatic carbocycles. The van der Waals surface area contributed by atoms with Gasteiger partial charge in [-0.25, -0.2) is 22.0 Å². The number of halogens is 2. The van der Waals surface area contributed by atoms with E-state index in [1.54, 1.807) is 24.3 Å². The van der Waals surface area contributed by atoms with Gasteiger partial charge >= 0.3 is 5.97 Å². The molecule has 0 saturated carbocycles. The average molecular weight is 469 g/mol. The van der Waals surface area contributed by atoms with E-state index >= 15 is 0 Å². The van der Waals surface area contributed by atoms with Gasteiger partial charge in [0.2, 0.25) is 0 Å². The van der Waals surface area contributed by atoms with Crippen LogP contribution < -0.4 is 9.46 Å². The van der Waals surface area contributed by atoms with E-state index < -0.39 is 33.2 Å². The molecule has 6 nitrogen and oxygen atoms in total. The number of aromatic carboxylic acids is 1. The number of carbonyl (C=O) groups is 1. The molecular formula is C24H17F2NO5S. The Bertz CT molecular complexity index is 1490. The molecule has 0 radical (unpaired) electrons. The van der Waals surface area contributed by atoms with Crippen molar-refractivity contribution in [1.29, 1.82) is 0 Å². The summed E-state index contributed by atoms with van der Waals surface area (Å²) in [6, 6.07) is 16.5. The fraction of sp³-hybridized carbons (Fsp3) is 0.0417. The lowest BCUT2D eigenvalue weighted by Crippen LogP contribution is -2.15. The molecule has 4 aromatic rings. The largest absolute Gasteiger partial charge is 0.495 e. The molecule has 0 saturated heterocycles. The number of carboxylic acid groups (broad SMARTS) is 1. The van der Waals surface area contributed by atoms with Gasteiger partial charge in [-0.2, -0.15) is 0 Å². The number of nitrogens with one attached hydrogen (secondary N) is 1. The minimum absolute atomic E-state index is 0.112. The van der Waals surface area contributed by atoms with Crippen LogP contribution in [0.4, 0.5) is 14.5 Å². The van der Waals surface area contributed by atoms with Crippen molar-refractivity contribution >= 4 is 32.5 Å². The van der Waals surface area contributed by atoms with E-state index in [4.69, 9.17) is 9.84 Å². The minimum Gasteiger partial charge on any atom is -0.495 e. The van der Waals surface area contributed by atoms with Crippen LogP contribution in [-0.4, -0.2) is 26.6 Å². The predicted octanol–water partition coefficient (Wildman–Crippen LogP) is 5.29. The van der Waals surface area contributed by atoms with Crippen molar-refractivity contribution in [3.05, 3.63) is 90.0 Å². The normalized spacial score (nSPS) is 11.4. The summed E-state index contributed by atoms with van der Waals surface area (Å²) in [7, 11) is -2.80. The molecule has 2 N–H and O–H groups in total. The number of benzene rings is 4. The van der Waals surface area contributed by atoms with Crippen molar-refractivity contribution in [3.8, 4) is 16.9 Å². The van der Waals surface area contributed by atoms with Crippen molar-refractivity contribution in [3.63, 3.8) is 0 Å². The average Bonchev–Trinajstić information content (AvgIpc) is 2.79. The van der Waals surface area contributed by atoms with E-state index in [0.717, 1.165) is 18.2 Å². The van der Waals surface area contributed by atoms with Crippen molar-refractivity contribution in [2.75, 3.05) is 11.8 Å². The van der Waals surface area contributed by atoms with Gasteiger partial charge in [-0.3, -0.25) is 4.72 Å². The Hall–Kier alpha value is -3.98. The molecule has 168 valence electrons. The minimum atomic E-state index is -4.25. The van der Waals surface area contributed by atoms with Gasteiger partial charge in [0.05, 0.1) is 17.6 Å². The standard InChI is InChI=1S/C24H17F2NO5S/c1-32-23-18-5-3-2-4-17(18)22(13-19(23)14-6-8-15(25)9-7-14)33(30,31)27-16-10-11-21(26)20(12-16)24(28)29/h2-13,27H,1H3,(H,28,29). The number of anilines is 1. The van der Waals surface area contributed by atoms with Gasteiger partial charge < -0.3 is 9.84 Å². The molecule has 0 aliphatic rings. The lowest BCUT2D eigenvalue weighted by Gasteiger charge is -2.17. The number of methoxy groups -OCH3 is 1. The molecule has 0 aliphatic heterocycles. The fourth-order valence-corrected chi connectivity index (χ4v) is 4.85. The van der Waals surface area contributed by atoms with Gasteiger partial charge in [0.1, 0.15) is 17.4 Å². The third-order valence-corrected chi connectivity index (χ3v) is 6.48. The van der Waals surface area contributed by atoms with Crippen LogP contribution in [-0.2, 0) is 10.0 Å². The Morgan fingerprint density at radius 2 is 1.61 bits per heavy atom. The van der Waals surface area contributed by atoms with Crippen LogP contribution in [0.2, 0.25) is 0 Å². The van der Waals surface area contributed by atoms with Crippen LogP contribution in [0.15, 0.2) is 77.7 Å². The molecule has 4 aromatic carbocycles. The third-order valence-electron chi connectivity index (χ3n) is 5.06. The summed E-state index contributed by atoms with van der Waals surface area (Å²) in [5.74, 6) is -2.55. The maximum Gasteiger partial charge on any atom is 0.338 e. The van der Waals surface area contributed by atoms with Gasteiger partial charge in [-0.05, 0) is 42.0 Å². The van der Waals surface area contributed by atoms with Crippen molar-refractivity contribution in [2.24, 2.45) is 0 Å². The van der Waals surface area contributed by atoms with Crippen LogP contribution in [0.1, 0.15) is 10.4 Å². The summed E-state index contributed by atoms with van der Waals surface area (Å²) in [6.45, 7) is 0. The molecule has 0 aromatic heterocycles. The van der Waals surface area contributed by atoms with Gasteiger partial charge in [0.25, 0.3) is 10.0 Å². The lowest BCUT2D eigenvalue weighted by molar-refractivity contribution is 0.0692. The van der Waals surface area contributed by atoms with E-state index in [0.29, 0.717) is 27.6 Å². The number of carboxylic acids is 1. The number of ether oxygens (including phenoxy) is 1. The Labute approximate surface area is 188 Å². The summed E-state index contributed by atoms with van der Waals surface area (Å²) in [4.78, 5) is 11.1. The summed E-state index contributed by atoms with van der Waals surface area (Å²) < 4.78 is 61.8. The molecule has 9 heteroatoms. The smallest absolute Gasteiger partial charge is 0.338 e. The summed E-state index contributed by atoms with van der Waals surface area (Å²) in [5, 5.41) is 9.99. The topological polar surface area (TPSA) is 92.7 Å². The highest BCUT2D eigenvalue weighted by molar-refractivity contribution is 7.93. The number of sulfonamides is 1. The van der Waals surface area contributed by atoms with Gasteiger partial charge in [0.15, 0.2) is 0 Å². The maximum absolute atomic E-state index is 13.7. The van der Waals surface area contributed by atoms with Gasteiger partial charge in [-0.1, -0.05) is 36.4 Å². The second-order valence-electron chi connectivity index (χ2n) is 7.11. The zero-order chi connectivity index (χ0) is 23.8. The van der Waals surface area contributed by atoms with Crippen molar-refractivity contribution in [1.82, 2.24) is 0 Å². The summed E-state index contributed by atoms with van der Waals surface area (Å²) in [6.07, 6.45) is 0. The summed E-state index contributed by atoms with van der Waals surface area (Å²) >= 11 is 0. The third kappa shape index (κ3) is 4.22. The van der Waals surface area contributed by atoms with E-state index in [1.807, 2.05) is 0 Å². The molecular weight excluding hydrogens is 452 g/mol. The zero-order valence-corrected chi connectivity index (χ0v) is 18.0. The van der Waals surface area contributed by atoms with Crippen LogP contribution in [0.25, 0.3) is 21.9 Å². The Balaban J connectivity index is 1.92. The van der Waals surface area contributed by atoms with E-state index in [-0.39, 0.29) is 10.6 Å². The number of hydrogen-bond donors (Lipinski definition) is 2. The van der Waals surface area contributed by atoms with Crippen LogP contribution in [0, 0.1) is 11.6 Å². The molecule has 0 unspecified atom stereocenters. The summed E-state index contributed by atoms with van der Waals surface area (Å²) in [5.41, 5.74) is 0.172. The molecule has 0 fully saturated rings. The first kappa shape index (κ1) is 22.2. The van der Waals surface area contributed by atoms with Crippen LogP contribution >= 0.6 is 0 Å².